The van der Waals surface area contributed by atoms with Gasteiger partial charge in [-0.1, -0.05) is 6.07 Å². The van der Waals surface area contributed by atoms with Gasteiger partial charge in [0, 0.05) is 18.5 Å². The molecule has 2 amide bonds. The lowest BCUT2D eigenvalue weighted by Gasteiger charge is -2.26. The van der Waals surface area contributed by atoms with Gasteiger partial charge in [-0.15, -0.1) is 0 Å². The molecule has 0 aliphatic carbocycles. The predicted octanol–water partition coefficient (Wildman–Crippen LogP) is 0.962. The van der Waals surface area contributed by atoms with Gasteiger partial charge in [0.1, 0.15) is 17.7 Å². The second-order valence-corrected chi connectivity index (χ2v) is 5.52. The number of likely N-dealkylation sites (N-methyl/N-ethyl adjacent to an activating group) is 1. The van der Waals surface area contributed by atoms with Crippen molar-refractivity contribution in [2.24, 2.45) is 0 Å². The molecule has 2 atom stereocenters. The highest BCUT2D eigenvalue weighted by atomic mass is 19.1. The zero-order valence-electron chi connectivity index (χ0n) is 12.5. The van der Waals surface area contributed by atoms with E-state index in [0.717, 1.165) is 0 Å². The third-order valence-electron chi connectivity index (χ3n) is 3.74. The normalized spacial score (nSPS) is 19.1. The Morgan fingerprint density at radius 3 is 2.55 bits per heavy atom. The molecule has 1 aliphatic heterocycles. The van der Waals surface area contributed by atoms with E-state index in [1.54, 1.807) is 19.0 Å². The molecular formula is C15H19F2N3O2. The van der Waals surface area contributed by atoms with E-state index >= 15 is 0 Å². The summed E-state index contributed by atoms with van der Waals surface area (Å²) in [7, 11) is 3.36. The fourth-order valence-electron chi connectivity index (χ4n) is 2.50. The molecule has 1 heterocycles. The van der Waals surface area contributed by atoms with Crippen LogP contribution in [0.5, 0.6) is 0 Å². The second-order valence-electron chi connectivity index (χ2n) is 5.52. The molecule has 22 heavy (non-hydrogen) atoms. The third-order valence-corrected chi connectivity index (χ3v) is 3.74. The Kier molecular flexibility index (Phi) is 5.07. The molecule has 1 fully saturated rings. The van der Waals surface area contributed by atoms with Crippen LogP contribution in [0.15, 0.2) is 18.2 Å². The molecule has 2 N–H and O–H groups in total. The molecular weight excluding hydrogens is 292 g/mol. The number of benzene rings is 1. The fraction of sp³-hybridized carbons (Fsp3) is 0.467. The molecule has 0 aromatic heterocycles. The van der Waals surface area contributed by atoms with E-state index in [2.05, 4.69) is 10.6 Å². The van der Waals surface area contributed by atoms with E-state index < -0.39 is 23.7 Å². The van der Waals surface area contributed by atoms with Crippen molar-refractivity contribution in [1.82, 2.24) is 15.5 Å². The van der Waals surface area contributed by atoms with Crippen LogP contribution in [-0.4, -0.2) is 43.4 Å². The molecule has 0 spiro atoms. The molecule has 1 saturated heterocycles. The van der Waals surface area contributed by atoms with Crippen molar-refractivity contribution in [2.45, 2.75) is 24.9 Å². The van der Waals surface area contributed by atoms with Gasteiger partial charge in [-0.05, 0) is 32.6 Å². The first kappa shape index (κ1) is 16.4. The summed E-state index contributed by atoms with van der Waals surface area (Å²) in [4.78, 5) is 24.7. The van der Waals surface area contributed by atoms with Crippen molar-refractivity contribution in [3.63, 3.8) is 0 Å². The molecule has 120 valence electrons. The van der Waals surface area contributed by atoms with Gasteiger partial charge in [0.05, 0.1) is 6.04 Å². The van der Waals surface area contributed by atoms with E-state index in [1.807, 2.05) is 0 Å². The van der Waals surface area contributed by atoms with Crippen LogP contribution in [0.3, 0.4) is 0 Å². The number of amides is 2. The van der Waals surface area contributed by atoms with E-state index in [4.69, 9.17) is 0 Å². The smallest absolute Gasteiger partial charge is 0.242 e. The minimum atomic E-state index is -0.651. The summed E-state index contributed by atoms with van der Waals surface area (Å²) >= 11 is 0. The Balaban J connectivity index is 2.07. The zero-order chi connectivity index (χ0) is 16.3. The number of hydrogen-bond donors (Lipinski definition) is 2. The van der Waals surface area contributed by atoms with Crippen molar-refractivity contribution in [2.75, 3.05) is 20.6 Å². The highest BCUT2D eigenvalue weighted by Gasteiger charge is 2.28. The van der Waals surface area contributed by atoms with E-state index in [-0.39, 0.29) is 23.9 Å². The monoisotopic (exact) mass is 311 g/mol. The van der Waals surface area contributed by atoms with Crippen LogP contribution in [0.2, 0.25) is 0 Å². The quantitative estimate of drug-likeness (QED) is 0.851. The molecule has 2 rings (SSSR count). The molecule has 2 unspecified atom stereocenters. The van der Waals surface area contributed by atoms with Crippen molar-refractivity contribution in [3.8, 4) is 0 Å². The van der Waals surface area contributed by atoms with Crippen LogP contribution in [-0.2, 0) is 9.59 Å². The number of rotatable bonds is 5. The summed E-state index contributed by atoms with van der Waals surface area (Å²) < 4.78 is 27.8. The third kappa shape index (κ3) is 3.59. The Morgan fingerprint density at radius 2 is 2.05 bits per heavy atom. The summed E-state index contributed by atoms with van der Waals surface area (Å²) in [5, 5.41) is 5.21. The highest BCUT2D eigenvalue weighted by Crippen LogP contribution is 2.24. The first-order chi connectivity index (χ1) is 10.4. The van der Waals surface area contributed by atoms with Crippen molar-refractivity contribution < 1.29 is 18.4 Å². The van der Waals surface area contributed by atoms with Gasteiger partial charge >= 0.3 is 0 Å². The summed E-state index contributed by atoms with van der Waals surface area (Å²) in [6.45, 7) is 0.0516. The maximum absolute atomic E-state index is 13.9. The molecule has 7 heteroatoms. The van der Waals surface area contributed by atoms with Gasteiger partial charge in [-0.3, -0.25) is 9.59 Å². The van der Waals surface area contributed by atoms with Gasteiger partial charge in [-0.25, -0.2) is 8.78 Å². The van der Waals surface area contributed by atoms with Crippen LogP contribution < -0.4 is 10.6 Å². The summed E-state index contributed by atoms with van der Waals surface area (Å²) in [5.74, 6) is -1.80. The predicted molar refractivity (Wildman–Crippen MR) is 77.0 cm³/mol. The first-order valence-electron chi connectivity index (χ1n) is 7.07. The lowest BCUT2D eigenvalue weighted by atomic mass is 10.0. The lowest BCUT2D eigenvalue weighted by molar-refractivity contribution is -0.125. The number of nitrogens with one attached hydrogen (secondary N) is 2. The van der Waals surface area contributed by atoms with Gasteiger partial charge in [0.25, 0.3) is 0 Å². The number of nitrogens with zero attached hydrogens (tertiary/aromatic N) is 1. The molecule has 0 radical (unpaired) electrons. The SMILES string of the molecule is CN(C)C(CNC(=O)C1CCC(=O)N1)c1c(F)cccc1F. The standard InChI is InChI=1S/C15H19F2N3O2/c1-20(2)12(14-9(16)4-3-5-10(14)17)8-18-15(22)11-6-7-13(21)19-11/h3-5,11-12H,6-8H2,1-2H3,(H,18,22)(H,19,21). The molecule has 0 saturated carbocycles. The van der Waals surface area contributed by atoms with Gasteiger partial charge < -0.3 is 15.5 Å². The summed E-state index contributed by atoms with van der Waals surface area (Å²) in [6.07, 6.45) is 0.752. The van der Waals surface area contributed by atoms with Crippen LogP contribution in [0, 0.1) is 11.6 Å². The Morgan fingerprint density at radius 1 is 1.41 bits per heavy atom. The topological polar surface area (TPSA) is 61.4 Å². The summed E-state index contributed by atoms with van der Waals surface area (Å²) in [6, 6.07) is 2.47. The fourth-order valence-corrected chi connectivity index (χ4v) is 2.50. The minimum Gasteiger partial charge on any atom is -0.352 e. The Bertz CT molecular complexity index is 558. The average molecular weight is 311 g/mol. The highest BCUT2D eigenvalue weighted by molar-refractivity contribution is 5.90. The Hall–Kier alpha value is -2.02. The van der Waals surface area contributed by atoms with Crippen LogP contribution in [0.25, 0.3) is 0 Å². The maximum atomic E-state index is 13.9. The van der Waals surface area contributed by atoms with Gasteiger partial charge in [0.2, 0.25) is 11.8 Å². The van der Waals surface area contributed by atoms with Gasteiger partial charge in [-0.2, -0.15) is 0 Å². The number of halogens is 2. The zero-order valence-corrected chi connectivity index (χ0v) is 12.5. The number of hydrogen-bond acceptors (Lipinski definition) is 3. The molecule has 5 nitrogen and oxygen atoms in total. The van der Waals surface area contributed by atoms with Crippen molar-refractivity contribution in [1.29, 1.82) is 0 Å². The average Bonchev–Trinajstić information content (AvgIpc) is 2.88. The van der Waals surface area contributed by atoms with Crippen LogP contribution >= 0.6 is 0 Å². The van der Waals surface area contributed by atoms with Crippen molar-refractivity contribution >= 4 is 11.8 Å². The molecule has 1 aromatic rings. The lowest BCUT2D eigenvalue weighted by Crippen LogP contribution is -2.44. The van der Waals surface area contributed by atoms with E-state index in [0.29, 0.717) is 12.8 Å². The van der Waals surface area contributed by atoms with Crippen molar-refractivity contribution in [3.05, 3.63) is 35.4 Å². The van der Waals surface area contributed by atoms with E-state index in [9.17, 15) is 18.4 Å². The summed E-state index contributed by atoms with van der Waals surface area (Å²) in [5.41, 5.74) is -0.0803. The largest absolute Gasteiger partial charge is 0.352 e. The van der Waals surface area contributed by atoms with Gasteiger partial charge in [0.15, 0.2) is 0 Å². The molecule has 1 aromatic carbocycles. The maximum Gasteiger partial charge on any atom is 0.242 e. The number of carbonyl (C=O) groups is 2. The number of carbonyl (C=O) groups excluding carboxylic acids is 2. The molecule has 0 bridgehead atoms. The second kappa shape index (κ2) is 6.83. The first-order valence-corrected chi connectivity index (χ1v) is 7.07. The van der Waals surface area contributed by atoms with E-state index in [1.165, 1.54) is 18.2 Å². The minimum absolute atomic E-state index is 0.0516. The van der Waals surface area contributed by atoms with Crippen LogP contribution in [0.4, 0.5) is 8.78 Å². The molecule has 1 aliphatic rings. The van der Waals surface area contributed by atoms with Crippen LogP contribution in [0.1, 0.15) is 24.4 Å². The Labute approximate surface area is 127 Å².